The van der Waals surface area contributed by atoms with E-state index in [-0.39, 0.29) is 29.8 Å². The van der Waals surface area contributed by atoms with Gasteiger partial charge >= 0.3 is 0 Å². The highest BCUT2D eigenvalue weighted by Crippen LogP contribution is 2.27. The van der Waals surface area contributed by atoms with E-state index in [1.165, 1.54) is 6.07 Å². The van der Waals surface area contributed by atoms with E-state index in [2.05, 4.69) is 33.6 Å². The summed E-state index contributed by atoms with van der Waals surface area (Å²) in [6.07, 6.45) is 8.69. The predicted molar refractivity (Wildman–Crippen MR) is 123 cm³/mol. The molecule has 5 nitrogen and oxygen atoms in total. The fourth-order valence-electron chi connectivity index (χ4n) is 3.68. The molecule has 0 spiro atoms. The lowest BCUT2D eigenvalue weighted by atomic mass is 9.93. The second-order valence-electron chi connectivity index (χ2n) is 7.26. The molecular formula is C21H31FIN5. The third-order valence-corrected chi connectivity index (χ3v) is 5.24. The molecule has 1 saturated heterocycles. The Morgan fingerprint density at radius 2 is 2.25 bits per heavy atom. The number of rotatable bonds is 6. The van der Waals surface area contributed by atoms with Gasteiger partial charge in [-0.1, -0.05) is 19.1 Å². The van der Waals surface area contributed by atoms with E-state index in [0.717, 1.165) is 57.0 Å². The van der Waals surface area contributed by atoms with Gasteiger partial charge in [0.2, 0.25) is 0 Å². The summed E-state index contributed by atoms with van der Waals surface area (Å²) < 4.78 is 15.5. The maximum absolute atomic E-state index is 13.3. The molecule has 1 aliphatic rings. The van der Waals surface area contributed by atoms with Crippen molar-refractivity contribution in [3.8, 4) is 0 Å². The van der Waals surface area contributed by atoms with Gasteiger partial charge in [0, 0.05) is 38.6 Å². The number of piperidine rings is 1. The lowest BCUT2D eigenvalue weighted by molar-refractivity contribution is 0.189. The maximum atomic E-state index is 13.3. The molecule has 0 saturated carbocycles. The van der Waals surface area contributed by atoms with Crippen LogP contribution in [0.2, 0.25) is 0 Å². The van der Waals surface area contributed by atoms with Crippen molar-refractivity contribution in [2.75, 3.05) is 26.2 Å². The Bertz CT molecular complexity index is 734. The first kappa shape index (κ1) is 22.6. The van der Waals surface area contributed by atoms with Crippen molar-refractivity contribution >= 4 is 29.9 Å². The third-order valence-electron chi connectivity index (χ3n) is 5.24. The summed E-state index contributed by atoms with van der Waals surface area (Å²) in [5, 5.41) is 3.43. The predicted octanol–water partition coefficient (Wildman–Crippen LogP) is 4.12. The van der Waals surface area contributed by atoms with Crippen molar-refractivity contribution in [2.24, 2.45) is 10.9 Å². The number of aromatic nitrogens is 2. The minimum Gasteiger partial charge on any atom is -0.357 e. The largest absolute Gasteiger partial charge is 0.357 e. The van der Waals surface area contributed by atoms with Crippen molar-refractivity contribution < 1.29 is 4.39 Å². The van der Waals surface area contributed by atoms with Crippen molar-refractivity contribution in [1.82, 2.24) is 19.8 Å². The molecule has 2 atom stereocenters. The van der Waals surface area contributed by atoms with Crippen LogP contribution in [0.15, 0.2) is 48.0 Å². The fraction of sp³-hybridized carbons (Fsp3) is 0.524. The highest BCUT2D eigenvalue weighted by atomic mass is 127. The summed E-state index contributed by atoms with van der Waals surface area (Å²) >= 11 is 0. The standard InChI is InChI=1S/C21H30FN5.HI/c1-3-24-21(25-10-5-7-18-6-4-8-19(22)14-18)26-12-9-17(2)20(15-26)27-13-11-23-16-27;/h4,6,8,11,13-14,16-17,20H,3,5,7,9-10,12,15H2,1-2H3,(H,24,25);1H. The molecule has 3 rings (SSSR count). The van der Waals surface area contributed by atoms with E-state index < -0.39 is 0 Å². The van der Waals surface area contributed by atoms with Crippen molar-refractivity contribution in [1.29, 1.82) is 0 Å². The van der Waals surface area contributed by atoms with E-state index in [4.69, 9.17) is 4.99 Å². The number of halogens is 2. The van der Waals surface area contributed by atoms with Crippen LogP contribution in [0.4, 0.5) is 4.39 Å². The number of benzene rings is 1. The average molecular weight is 499 g/mol. The molecule has 1 aliphatic heterocycles. The van der Waals surface area contributed by atoms with Gasteiger partial charge in [0.15, 0.2) is 5.96 Å². The summed E-state index contributed by atoms with van der Waals surface area (Å²) in [5.41, 5.74) is 1.03. The van der Waals surface area contributed by atoms with Crippen molar-refractivity contribution in [2.45, 2.75) is 39.2 Å². The van der Waals surface area contributed by atoms with E-state index in [0.29, 0.717) is 12.0 Å². The lowest BCUT2D eigenvalue weighted by Crippen LogP contribution is -2.49. The fourth-order valence-corrected chi connectivity index (χ4v) is 3.68. The van der Waals surface area contributed by atoms with Crippen LogP contribution in [-0.2, 0) is 6.42 Å². The maximum Gasteiger partial charge on any atom is 0.193 e. The molecule has 0 amide bonds. The minimum atomic E-state index is -0.169. The van der Waals surface area contributed by atoms with Gasteiger partial charge < -0.3 is 14.8 Å². The molecule has 2 aromatic rings. The molecule has 2 heterocycles. The SMILES string of the molecule is CCNC(=NCCCc1cccc(F)c1)N1CCC(C)C(n2ccnc2)C1.I. The number of hydrogen-bond acceptors (Lipinski definition) is 2. The van der Waals surface area contributed by atoms with Crippen LogP contribution >= 0.6 is 24.0 Å². The van der Waals surface area contributed by atoms with E-state index in [9.17, 15) is 4.39 Å². The molecule has 1 aromatic heterocycles. The molecule has 0 radical (unpaired) electrons. The number of imidazole rings is 1. The molecule has 1 fully saturated rings. The summed E-state index contributed by atoms with van der Waals surface area (Å²) in [7, 11) is 0. The Balaban J connectivity index is 0.00000280. The Morgan fingerprint density at radius 3 is 2.96 bits per heavy atom. The molecule has 1 aromatic carbocycles. The molecule has 2 unspecified atom stereocenters. The first-order valence-corrected chi connectivity index (χ1v) is 9.92. The third kappa shape index (κ3) is 6.18. The zero-order valence-electron chi connectivity index (χ0n) is 16.7. The smallest absolute Gasteiger partial charge is 0.193 e. The van der Waals surface area contributed by atoms with Gasteiger partial charge in [-0.25, -0.2) is 9.37 Å². The van der Waals surface area contributed by atoms with Gasteiger partial charge in [-0.3, -0.25) is 4.99 Å². The minimum absolute atomic E-state index is 0. The number of aliphatic imine (C=N–C) groups is 1. The number of likely N-dealkylation sites (tertiary alicyclic amines) is 1. The molecule has 1 N–H and O–H groups in total. The lowest BCUT2D eigenvalue weighted by Gasteiger charge is -2.39. The Morgan fingerprint density at radius 1 is 1.39 bits per heavy atom. The van der Waals surface area contributed by atoms with Crippen LogP contribution in [-0.4, -0.2) is 46.6 Å². The summed E-state index contributed by atoms with van der Waals surface area (Å²) in [5.74, 6) is 1.43. The molecule has 7 heteroatoms. The highest BCUT2D eigenvalue weighted by Gasteiger charge is 2.28. The number of aryl methyl sites for hydroxylation is 1. The van der Waals surface area contributed by atoms with Crippen LogP contribution in [0.3, 0.4) is 0 Å². The van der Waals surface area contributed by atoms with Gasteiger partial charge in [-0.15, -0.1) is 24.0 Å². The zero-order chi connectivity index (χ0) is 19.1. The second kappa shape index (κ2) is 11.4. The van der Waals surface area contributed by atoms with Gasteiger partial charge in [-0.2, -0.15) is 0 Å². The molecule has 0 bridgehead atoms. The molecular weight excluding hydrogens is 468 g/mol. The summed E-state index contributed by atoms with van der Waals surface area (Å²) in [6, 6.07) is 7.25. The Kier molecular flexibility index (Phi) is 9.21. The topological polar surface area (TPSA) is 45.5 Å². The molecule has 28 heavy (non-hydrogen) atoms. The second-order valence-corrected chi connectivity index (χ2v) is 7.26. The number of nitrogens with one attached hydrogen (secondary N) is 1. The van der Waals surface area contributed by atoms with Gasteiger partial charge in [0.05, 0.1) is 12.4 Å². The highest BCUT2D eigenvalue weighted by molar-refractivity contribution is 14.0. The first-order chi connectivity index (χ1) is 13.2. The number of hydrogen-bond donors (Lipinski definition) is 1. The van der Waals surface area contributed by atoms with E-state index in [1.807, 2.05) is 24.8 Å². The van der Waals surface area contributed by atoms with Crippen LogP contribution in [0.25, 0.3) is 0 Å². The number of guanidine groups is 1. The molecule has 154 valence electrons. The van der Waals surface area contributed by atoms with Crippen LogP contribution in [0.1, 0.15) is 38.3 Å². The Hall–Kier alpha value is -1.64. The molecule has 0 aliphatic carbocycles. The summed E-state index contributed by atoms with van der Waals surface area (Å²) in [6.45, 7) is 7.95. The Labute approximate surface area is 184 Å². The number of nitrogens with zero attached hydrogens (tertiary/aromatic N) is 4. The monoisotopic (exact) mass is 499 g/mol. The average Bonchev–Trinajstić information content (AvgIpc) is 3.19. The first-order valence-electron chi connectivity index (χ1n) is 9.92. The van der Waals surface area contributed by atoms with Crippen molar-refractivity contribution in [3.63, 3.8) is 0 Å². The quantitative estimate of drug-likeness (QED) is 0.282. The normalized spacial score (nSPS) is 20.0. The van der Waals surface area contributed by atoms with Crippen LogP contribution in [0, 0.1) is 11.7 Å². The van der Waals surface area contributed by atoms with Crippen molar-refractivity contribution in [3.05, 3.63) is 54.4 Å². The van der Waals surface area contributed by atoms with Crippen LogP contribution < -0.4 is 5.32 Å². The zero-order valence-corrected chi connectivity index (χ0v) is 19.1. The van der Waals surface area contributed by atoms with Gasteiger partial charge in [-0.05, 0) is 49.8 Å². The van der Waals surface area contributed by atoms with Gasteiger partial charge in [0.1, 0.15) is 5.82 Å². The van der Waals surface area contributed by atoms with Gasteiger partial charge in [0.25, 0.3) is 0 Å². The summed E-state index contributed by atoms with van der Waals surface area (Å²) in [4.78, 5) is 11.4. The van der Waals surface area contributed by atoms with E-state index in [1.54, 1.807) is 12.1 Å². The van der Waals surface area contributed by atoms with E-state index >= 15 is 0 Å². The van der Waals surface area contributed by atoms with Crippen LogP contribution in [0.5, 0.6) is 0 Å².